The van der Waals surface area contributed by atoms with E-state index in [-0.39, 0.29) is 29.2 Å². The Kier molecular flexibility index (Phi) is 8.30. The lowest BCUT2D eigenvalue weighted by Gasteiger charge is -2.28. The summed E-state index contributed by atoms with van der Waals surface area (Å²) in [5, 5.41) is 2.90. The Hall–Kier alpha value is -2.37. The molecule has 0 saturated carbocycles. The molecule has 0 aliphatic carbocycles. The number of amides is 2. The number of anilines is 1. The zero-order valence-electron chi connectivity index (χ0n) is 22.0. The molecule has 11 heteroatoms. The maximum absolute atomic E-state index is 13.6. The summed E-state index contributed by atoms with van der Waals surface area (Å²) in [5.74, 6) is -0.497. The molecule has 0 spiro atoms. The highest BCUT2D eigenvalue weighted by Crippen LogP contribution is 2.43. The van der Waals surface area contributed by atoms with Gasteiger partial charge in [-0.1, -0.05) is 58.0 Å². The van der Waals surface area contributed by atoms with E-state index in [9.17, 15) is 18.0 Å². The monoisotopic (exact) mass is 621 g/mol. The number of sulfone groups is 1. The zero-order valence-corrected chi connectivity index (χ0v) is 25.2. The minimum absolute atomic E-state index is 0.00355. The van der Waals surface area contributed by atoms with Crippen LogP contribution in [0.5, 0.6) is 0 Å². The van der Waals surface area contributed by atoms with Gasteiger partial charge in [-0.25, -0.2) is 13.2 Å². The predicted octanol–water partition coefficient (Wildman–Crippen LogP) is 4.80. The van der Waals surface area contributed by atoms with Crippen LogP contribution in [-0.4, -0.2) is 60.0 Å². The van der Waals surface area contributed by atoms with Gasteiger partial charge < -0.3 is 15.0 Å². The summed E-state index contributed by atoms with van der Waals surface area (Å²) in [5.41, 5.74) is 2.86. The minimum atomic E-state index is -3.21. The largest absolute Gasteiger partial charge is 0.444 e. The van der Waals surface area contributed by atoms with Crippen LogP contribution in [0.3, 0.4) is 0 Å². The van der Waals surface area contributed by atoms with Crippen LogP contribution in [0.2, 0.25) is 0 Å². The summed E-state index contributed by atoms with van der Waals surface area (Å²) in [6.07, 6.45) is -0.469. The summed E-state index contributed by atoms with van der Waals surface area (Å²) in [6, 6.07) is 12.0. The quantitative estimate of drug-likeness (QED) is 0.511. The average Bonchev–Trinajstić information content (AvgIpc) is 3.23. The first kappa shape index (κ1) is 28.6. The Morgan fingerprint density at radius 1 is 1.16 bits per heavy atom. The van der Waals surface area contributed by atoms with Gasteiger partial charge in [0.25, 0.3) is 5.91 Å². The molecule has 2 amide bonds. The second kappa shape index (κ2) is 11.0. The number of nitrogens with zero attached hydrogens (tertiary/aromatic N) is 2. The average molecular weight is 623 g/mol. The van der Waals surface area contributed by atoms with Crippen LogP contribution in [0.4, 0.5) is 10.5 Å². The van der Waals surface area contributed by atoms with Crippen molar-refractivity contribution in [2.24, 2.45) is 4.99 Å². The molecule has 204 valence electrons. The van der Waals surface area contributed by atoms with E-state index in [1.807, 2.05) is 61.2 Å². The number of alkyl carbamates (subject to hydrolysis) is 1. The van der Waals surface area contributed by atoms with Gasteiger partial charge in [-0.2, -0.15) is 4.99 Å². The van der Waals surface area contributed by atoms with Crippen LogP contribution in [-0.2, 0) is 25.8 Å². The number of aliphatic imine (C=N–C) groups is 1. The molecule has 2 aliphatic heterocycles. The van der Waals surface area contributed by atoms with Crippen LogP contribution >= 0.6 is 27.7 Å². The van der Waals surface area contributed by atoms with Gasteiger partial charge in [0.05, 0.1) is 17.5 Å². The van der Waals surface area contributed by atoms with Crippen LogP contribution < -0.4 is 10.2 Å². The van der Waals surface area contributed by atoms with E-state index in [4.69, 9.17) is 4.74 Å². The van der Waals surface area contributed by atoms with Gasteiger partial charge >= 0.3 is 6.09 Å². The van der Waals surface area contributed by atoms with Crippen molar-refractivity contribution in [2.75, 3.05) is 16.4 Å². The molecule has 3 atom stereocenters. The number of ether oxygens (including phenoxy) is 1. The number of hydrogen-bond acceptors (Lipinski definition) is 6. The maximum Gasteiger partial charge on any atom is 0.408 e. The third kappa shape index (κ3) is 6.79. The summed E-state index contributed by atoms with van der Waals surface area (Å²) in [7, 11) is -3.21. The van der Waals surface area contributed by atoms with Gasteiger partial charge in [0.15, 0.2) is 15.0 Å². The number of amidine groups is 1. The lowest BCUT2D eigenvalue weighted by atomic mass is 10.1. The Morgan fingerprint density at radius 2 is 1.79 bits per heavy atom. The number of carbonyl (C=O) groups is 2. The zero-order chi connectivity index (χ0) is 27.8. The van der Waals surface area contributed by atoms with Gasteiger partial charge in [-0.05, 0) is 63.4 Å². The van der Waals surface area contributed by atoms with E-state index in [1.54, 1.807) is 20.8 Å². The van der Waals surface area contributed by atoms with Gasteiger partial charge in [0.2, 0.25) is 0 Å². The molecule has 8 nitrogen and oxygen atoms in total. The Bertz CT molecular complexity index is 1350. The third-order valence-corrected chi connectivity index (χ3v) is 9.91. The predicted molar refractivity (Wildman–Crippen MR) is 156 cm³/mol. The first-order chi connectivity index (χ1) is 17.7. The maximum atomic E-state index is 13.6. The smallest absolute Gasteiger partial charge is 0.408 e. The van der Waals surface area contributed by atoms with Crippen LogP contribution in [0.25, 0.3) is 0 Å². The molecule has 2 aromatic rings. The summed E-state index contributed by atoms with van der Waals surface area (Å²) >= 11 is 4.83. The minimum Gasteiger partial charge on any atom is -0.444 e. The number of halogens is 1. The molecule has 2 fully saturated rings. The molecular weight excluding hydrogens is 590 g/mol. The molecule has 0 radical (unpaired) electrons. The van der Waals surface area contributed by atoms with Crippen molar-refractivity contribution in [2.45, 2.75) is 64.0 Å². The number of rotatable bonds is 5. The van der Waals surface area contributed by atoms with E-state index >= 15 is 0 Å². The molecule has 38 heavy (non-hydrogen) atoms. The summed E-state index contributed by atoms with van der Waals surface area (Å²) in [4.78, 5) is 32.7. The van der Waals surface area contributed by atoms with Crippen LogP contribution in [0.1, 0.15) is 37.5 Å². The van der Waals surface area contributed by atoms with Gasteiger partial charge in [-0.15, -0.1) is 0 Å². The van der Waals surface area contributed by atoms with Crippen LogP contribution in [0.15, 0.2) is 51.9 Å². The van der Waals surface area contributed by atoms with E-state index in [0.29, 0.717) is 5.17 Å². The lowest BCUT2D eigenvalue weighted by molar-refractivity contribution is -0.119. The molecule has 2 aromatic carbocycles. The molecule has 0 bridgehead atoms. The van der Waals surface area contributed by atoms with Gasteiger partial charge in [-0.3, -0.25) is 4.79 Å². The number of aryl methyl sites for hydroxylation is 2. The van der Waals surface area contributed by atoms with Crippen molar-refractivity contribution in [1.82, 2.24) is 5.32 Å². The molecule has 0 aromatic heterocycles. The standard InChI is InChI=1S/C27H32BrN3O5S2/c1-16-11-19(28)12-17(2)23(16)31-21-14-38(34,35)15-22(21)37-25(31)30-24(32)20(13-18-9-7-6-8-10-18)29-26(33)36-27(3,4)5/h6-12,20-22H,13-15H2,1-5H3,(H,29,33)/t20-,21+,22-/m0/s1. The molecule has 2 aliphatic rings. The van der Waals surface area contributed by atoms with E-state index in [1.165, 1.54) is 11.8 Å². The highest BCUT2D eigenvalue weighted by Gasteiger charge is 2.50. The highest BCUT2D eigenvalue weighted by atomic mass is 79.9. The number of fused-ring (bicyclic) bond motifs is 1. The first-order valence-corrected chi connectivity index (χ1v) is 15.8. The van der Waals surface area contributed by atoms with Gasteiger partial charge in [0, 0.05) is 21.8 Å². The third-order valence-electron chi connectivity index (χ3n) is 6.24. The Morgan fingerprint density at radius 3 is 2.39 bits per heavy atom. The van der Waals surface area contributed by atoms with Crippen molar-refractivity contribution in [3.8, 4) is 0 Å². The number of hydrogen-bond donors (Lipinski definition) is 1. The summed E-state index contributed by atoms with van der Waals surface area (Å²) in [6.45, 7) is 9.17. The van der Waals surface area contributed by atoms with Crippen molar-refractivity contribution in [1.29, 1.82) is 0 Å². The van der Waals surface area contributed by atoms with E-state index in [0.717, 1.165) is 26.9 Å². The molecule has 2 saturated heterocycles. The Balaban J connectivity index is 1.70. The number of benzene rings is 2. The van der Waals surface area contributed by atoms with Crippen molar-refractivity contribution in [3.05, 3.63) is 63.6 Å². The van der Waals surface area contributed by atoms with Gasteiger partial charge in [0.1, 0.15) is 11.6 Å². The molecule has 1 N–H and O–H groups in total. The fourth-order valence-corrected chi connectivity index (χ4v) is 9.37. The number of nitrogens with one attached hydrogen (secondary N) is 1. The van der Waals surface area contributed by atoms with Crippen molar-refractivity contribution in [3.63, 3.8) is 0 Å². The highest BCUT2D eigenvalue weighted by molar-refractivity contribution is 9.10. The first-order valence-electron chi connectivity index (χ1n) is 12.3. The van der Waals surface area contributed by atoms with Crippen molar-refractivity contribution >= 4 is 60.4 Å². The summed E-state index contributed by atoms with van der Waals surface area (Å²) < 4.78 is 31.3. The van der Waals surface area contributed by atoms with E-state index < -0.39 is 33.5 Å². The lowest BCUT2D eigenvalue weighted by Crippen LogP contribution is -2.45. The fourth-order valence-electron chi connectivity index (χ4n) is 4.78. The topological polar surface area (TPSA) is 105 Å². The molecule has 4 rings (SSSR count). The molecule has 0 unspecified atom stereocenters. The molecular formula is C27H32BrN3O5S2. The van der Waals surface area contributed by atoms with E-state index in [2.05, 4.69) is 26.2 Å². The van der Waals surface area contributed by atoms with Crippen LogP contribution in [0, 0.1) is 13.8 Å². The fraction of sp³-hybridized carbons (Fsp3) is 0.444. The van der Waals surface area contributed by atoms with Crippen molar-refractivity contribution < 1.29 is 22.7 Å². The Labute approximate surface area is 236 Å². The SMILES string of the molecule is Cc1cc(Br)cc(C)c1N1C(=NC(=O)[C@H](Cc2ccccc2)NC(=O)OC(C)(C)C)S[C@H]2CS(=O)(=O)C[C@H]21. The normalized spacial score (nSPS) is 22.3. The molecule has 2 heterocycles. The number of carbonyl (C=O) groups excluding carboxylic acids is 2. The second-order valence-corrected chi connectivity index (χ2v) is 15.0. The second-order valence-electron chi connectivity index (χ2n) is 10.7. The number of thioether (sulfide) groups is 1.